The third kappa shape index (κ3) is 8.24. The van der Waals surface area contributed by atoms with Gasteiger partial charge in [-0.05, 0) is 55.2 Å². The number of carbonyl (C=O) groups is 1. The van der Waals surface area contributed by atoms with Gasteiger partial charge in [-0.15, -0.1) is 0 Å². The number of benzene rings is 1. The molecule has 0 amide bonds. The smallest absolute Gasteiger partial charge is 0.311 e. The molecule has 0 radical (unpaired) electrons. The lowest BCUT2D eigenvalue weighted by atomic mass is 10.1. The topological polar surface area (TPSA) is 39.2 Å². The highest BCUT2D eigenvalue weighted by atomic mass is 16.5. The van der Waals surface area contributed by atoms with Gasteiger partial charge in [0, 0.05) is 18.2 Å². The highest BCUT2D eigenvalue weighted by molar-refractivity contribution is 5.72. The minimum Gasteiger partial charge on any atom is -0.427 e. The van der Waals surface area contributed by atoms with Crippen molar-refractivity contribution in [2.75, 3.05) is 0 Å². The van der Waals surface area contributed by atoms with Gasteiger partial charge in [-0.3, -0.25) is 9.78 Å². The molecular formula is C25H35NO2. The minimum absolute atomic E-state index is 0.148. The van der Waals surface area contributed by atoms with Crippen LogP contribution in [0.1, 0.15) is 83.6 Å². The summed E-state index contributed by atoms with van der Waals surface area (Å²) in [4.78, 5) is 16.5. The number of aromatic nitrogens is 1. The Bertz CT molecular complexity index is 677. The number of nitrogens with zero attached hydrogens (tertiary/aromatic N) is 1. The van der Waals surface area contributed by atoms with Crippen molar-refractivity contribution >= 4 is 5.97 Å². The molecule has 0 atom stereocenters. The molecule has 2 rings (SSSR count). The van der Waals surface area contributed by atoms with Crippen LogP contribution in [0.3, 0.4) is 0 Å². The van der Waals surface area contributed by atoms with Crippen molar-refractivity contribution in [2.24, 2.45) is 0 Å². The van der Waals surface area contributed by atoms with E-state index in [-0.39, 0.29) is 5.97 Å². The van der Waals surface area contributed by atoms with E-state index in [0.717, 1.165) is 30.5 Å². The summed E-state index contributed by atoms with van der Waals surface area (Å²) < 4.78 is 5.42. The van der Waals surface area contributed by atoms with E-state index in [0.29, 0.717) is 12.2 Å². The van der Waals surface area contributed by atoms with Crippen LogP contribution in [0.2, 0.25) is 0 Å². The molecule has 3 nitrogen and oxygen atoms in total. The second-order valence-corrected chi connectivity index (χ2v) is 7.53. The number of aryl methyl sites for hydroxylation is 1. The number of pyridine rings is 1. The second-order valence-electron chi connectivity index (χ2n) is 7.53. The van der Waals surface area contributed by atoms with Crippen LogP contribution in [-0.4, -0.2) is 11.0 Å². The van der Waals surface area contributed by atoms with Crippen molar-refractivity contribution in [1.82, 2.24) is 4.98 Å². The van der Waals surface area contributed by atoms with Gasteiger partial charge < -0.3 is 4.74 Å². The largest absolute Gasteiger partial charge is 0.427 e. The number of carbonyl (C=O) groups excluding carboxylic acids is 1. The molecular weight excluding hydrogens is 346 g/mol. The third-order valence-corrected chi connectivity index (χ3v) is 5.01. The van der Waals surface area contributed by atoms with Gasteiger partial charge in [0.05, 0.1) is 5.69 Å². The van der Waals surface area contributed by atoms with Crippen molar-refractivity contribution in [3.63, 3.8) is 0 Å². The third-order valence-electron chi connectivity index (χ3n) is 5.01. The van der Waals surface area contributed by atoms with Gasteiger partial charge in [0.15, 0.2) is 0 Å². The maximum atomic E-state index is 11.9. The molecule has 152 valence electrons. The van der Waals surface area contributed by atoms with Crippen LogP contribution >= 0.6 is 0 Å². The molecule has 0 bridgehead atoms. The number of ether oxygens (including phenoxy) is 1. The molecule has 0 fully saturated rings. The van der Waals surface area contributed by atoms with E-state index in [1.54, 1.807) is 0 Å². The maximum Gasteiger partial charge on any atom is 0.311 e. The predicted molar refractivity (Wildman–Crippen MR) is 117 cm³/mol. The average Bonchev–Trinajstić information content (AvgIpc) is 2.72. The molecule has 28 heavy (non-hydrogen) atoms. The Morgan fingerprint density at radius 1 is 0.821 bits per heavy atom. The zero-order valence-corrected chi connectivity index (χ0v) is 17.6. The molecule has 0 N–H and O–H groups in total. The number of esters is 1. The van der Waals surface area contributed by atoms with Gasteiger partial charge in [-0.25, -0.2) is 0 Å². The summed E-state index contributed by atoms with van der Waals surface area (Å²) in [5.74, 6) is 0.457. The van der Waals surface area contributed by atoms with Gasteiger partial charge in [-0.1, -0.05) is 64.9 Å². The fourth-order valence-corrected chi connectivity index (χ4v) is 3.25. The first kappa shape index (κ1) is 22.1. The Morgan fingerprint density at radius 3 is 2.14 bits per heavy atom. The van der Waals surface area contributed by atoms with Gasteiger partial charge in [0.2, 0.25) is 0 Å². The van der Waals surface area contributed by atoms with Crippen molar-refractivity contribution in [3.8, 4) is 17.0 Å². The monoisotopic (exact) mass is 381 g/mol. The van der Waals surface area contributed by atoms with Crippen LogP contribution in [0, 0.1) is 0 Å². The van der Waals surface area contributed by atoms with Gasteiger partial charge in [-0.2, -0.15) is 0 Å². The zero-order valence-electron chi connectivity index (χ0n) is 17.6. The highest BCUT2D eigenvalue weighted by Gasteiger charge is 2.06. The molecule has 1 aromatic carbocycles. The quantitative estimate of drug-likeness (QED) is 0.210. The maximum absolute atomic E-state index is 11.9. The van der Waals surface area contributed by atoms with Gasteiger partial charge in [0.25, 0.3) is 0 Å². The fourth-order valence-electron chi connectivity index (χ4n) is 3.25. The van der Waals surface area contributed by atoms with Crippen LogP contribution in [-0.2, 0) is 11.2 Å². The molecule has 2 aromatic rings. The van der Waals surface area contributed by atoms with E-state index < -0.39 is 0 Å². The Labute approximate surface area is 170 Å². The minimum atomic E-state index is -0.148. The molecule has 0 aliphatic rings. The SMILES string of the molecule is CCCCCCCc1ccc(-c2ccc(OC(=O)CCCCCC)cc2)nc1. The van der Waals surface area contributed by atoms with Crippen LogP contribution in [0.4, 0.5) is 0 Å². The number of hydrogen-bond acceptors (Lipinski definition) is 3. The number of unbranched alkanes of at least 4 members (excludes halogenated alkanes) is 7. The molecule has 0 saturated heterocycles. The zero-order chi connectivity index (χ0) is 20.0. The van der Waals surface area contributed by atoms with E-state index in [4.69, 9.17) is 4.74 Å². The average molecular weight is 382 g/mol. The van der Waals surface area contributed by atoms with Crippen LogP contribution < -0.4 is 4.74 Å². The number of hydrogen-bond donors (Lipinski definition) is 0. The second kappa shape index (κ2) is 13.1. The van der Waals surface area contributed by atoms with Crippen molar-refractivity contribution in [2.45, 2.75) is 84.5 Å². The van der Waals surface area contributed by atoms with Crippen molar-refractivity contribution < 1.29 is 9.53 Å². The molecule has 0 unspecified atom stereocenters. The van der Waals surface area contributed by atoms with E-state index in [1.807, 2.05) is 30.5 Å². The summed E-state index contributed by atoms with van der Waals surface area (Å²) in [7, 11) is 0. The normalized spacial score (nSPS) is 10.8. The fraction of sp³-hybridized carbons (Fsp3) is 0.520. The highest BCUT2D eigenvalue weighted by Crippen LogP contribution is 2.22. The number of rotatable bonds is 13. The Balaban J connectivity index is 1.79. The summed E-state index contributed by atoms with van der Waals surface area (Å²) >= 11 is 0. The standard InChI is InChI=1S/C25H35NO2/c1-3-5-7-9-10-12-21-14-19-24(26-20-21)22-15-17-23(18-16-22)28-25(27)13-11-8-6-4-2/h14-20H,3-13H2,1-2H3. The molecule has 0 aliphatic carbocycles. The van der Waals surface area contributed by atoms with Crippen LogP contribution in [0.25, 0.3) is 11.3 Å². The Kier molecular flexibility index (Phi) is 10.3. The summed E-state index contributed by atoms with van der Waals surface area (Å²) in [6.07, 6.45) is 14.4. The van der Waals surface area contributed by atoms with Crippen molar-refractivity contribution in [1.29, 1.82) is 0 Å². The molecule has 1 heterocycles. The lowest BCUT2D eigenvalue weighted by Crippen LogP contribution is -2.07. The lowest BCUT2D eigenvalue weighted by Gasteiger charge is -2.07. The van der Waals surface area contributed by atoms with Crippen LogP contribution in [0.5, 0.6) is 5.75 Å². The molecule has 0 aliphatic heterocycles. The van der Waals surface area contributed by atoms with E-state index in [2.05, 4.69) is 31.0 Å². The van der Waals surface area contributed by atoms with Gasteiger partial charge >= 0.3 is 5.97 Å². The molecule has 3 heteroatoms. The summed E-state index contributed by atoms with van der Waals surface area (Å²) in [6, 6.07) is 11.9. The molecule has 0 spiro atoms. The Morgan fingerprint density at radius 2 is 1.50 bits per heavy atom. The van der Waals surface area contributed by atoms with Crippen LogP contribution in [0.15, 0.2) is 42.6 Å². The Hall–Kier alpha value is -2.16. The molecule has 1 aromatic heterocycles. The van der Waals surface area contributed by atoms with E-state index in [1.165, 1.54) is 50.5 Å². The van der Waals surface area contributed by atoms with E-state index >= 15 is 0 Å². The van der Waals surface area contributed by atoms with Crippen molar-refractivity contribution in [3.05, 3.63) is 48.2 Å². The van der Waals surface area contributed by atoms with E-state index in [9.17, 15) is 4.79 Å². The first-order valence-electron chi connectivity index (χ1n) is 11.0. The summed E-state index contributed by atoms with van der Waals surface area (Å²) in [6.45, 7) is 4.41. The lowest BCUT2D eigenvalue weighted by molar-refractivity contribution is -0.134. The molecule has 0 saturated carbocycles. The summed E-state index contributed by atoms with van der Waals surface area (Å²) in [5, 5.41) is 0. The first-order chi connectivity index (χ1) is 13.7. The van der Waals surface area contributed by atoms with Gasteiger partial charge in [0.1, 0.15) is 5.75 Å². The summed E-state index contributed by atoms with van der Waals surface area (Å²) in [5.41, 5.74) is 3.29. The predicted octanol–water partition coefficient (Wildman–Crippen LogP) is 7.14. The first-order valence-corrected chi connectivity index (χ1v) is 11.0.